The topological polar surface area (TPSA) is 58.6 Å². The van der Waals surface area contributed by atoms with Crippen LogP contribution in [-0.4, -0.2) is 36.4 Å². The van der Waals surface area contributed by atoms with Crippen LogP contribution in [0.2, 0.25) is 10.0 Å². The van der Waals surface area contributed by atoms with E-state index >= 15 is 0 Å². The molecule has 1 aliphatic heterocycles. The quantitative estimate of drug-likeness (QED) is 0.886. The van der Waals surface area contributed by atoms with Crippen LogP contribution in [0.4, 0.5) is 5.69 Å². The van der Waals surface area contributed by atoms with Crippen molar-refractivity contribution in [3.8, 4) is 5.75 Å². The van der Waals surface area contributed by atoms with Gasteiger partial charge in [0.05, 0.1) is 16.6 Å². The highest BCUT2D eigenvalue weighted by Crippen LogP contribution is 2.29. The molecule has 1 aliphatic rings. The van der Waals surface area contributed by atoms with Gasteiger partial charge in [0.2, 0.25) is 5.91 Å². The van der Waals surface area contributed by atoms with Gasteiger partial charge >= 0.3 is 0 Å². The SMILES string of the molecule is CN(CC(=O)Nc1ccc(Cl)c(Cl)c1)C(=O)[C@H]1Cc2ccccc2O1. The molecule has 0 saturated carbocycles. The largest absolute Gasteiger partial charge is 0.480 e. The Labute approximate surface area is 155 Å². The molecule has 25 heavy (non-hydrogen) atoms. The fourth-order valence-corrected chi connectivity index (χ4v) is 2.93. The number of amides is 2. The Bertz CT molecular complexity index is 801. The summed E-state index contributed by atoms with van der Waals surface area (Å²) in [6.07, 6.45) is -0.0894. The summed E-state index contributed by atoms with van der Waals surface area (Å²) in [6.45, 7) is -0.0880. The molecule has 0 aliphatic carbocycles. The summed E-state index contributed by atoms with van der Waals surface area (Å²) in [5.74, 6) is 0.153. The first kappa shape index (κ1) is 17.6. The molecule has 0 radical (unpaired) electrons. The summed E-state index contributed by atoms with van der Waals surface area (Å²) in [4.78, 5) is 26.0. The van der Waals surface area contributed by atoms with Crippen LogP contribution in [0, 0.1) is 0 Å². The van der Waals surface area contributed by atoms with E-state index in [2.05, 4.69) is 5.32 Å². The predicted molar refractivity (Wildman–Crippen MR) is 97.3 cm³/mol. The summed E-state index contributed by atoms with van der Waals surface area (Å²) in [5, 5.41) is 3.44. The minimum atomic E-state index is -0.597. The summed E-state index contributed by atoms with van der Waals surface area (Å²) in [6, 6.07) is 12.3. The number of rotatable bonds is 4. The second kappa shape index (κ2) is 7.33. The third-order valence-corrected chi connectivity index (χ3v) is 4.62. The van der Waals surface area contributed by atoms with Gasteiger partial charge in [-0.1, -0.05) is 41.4 Å². The average Bonchev–Trinajstić information content (AvgIpc) is 3.01. The van der Waals surface area contributed by atoms with Crippen LogP contribution in [0.5, 0.6) is 5.75 Å². The molecule has 0 bridgehead atoms. The molecule has 0 aromatic heterocycles. The van der Waals surface area contributed by atoms with E-state index in [9.17, 15) is 9.59 Å². The van der Waals surface area contributed by atoms with Gasteiger partial charge in [-0.15, -0.1) is 0 Å². The minimum Gasteiger partial charge on any atom is -0.480 e. The maximum absolute atomic E-state index is 12.5. The predicted octanol–water partition coefficient (Wildman–Crippen LogP) is 3.39. The van der Waals surface area contributed by atoms with E-state index in [1.165, 1.54) is 4.90 Å². The third kappa shape index (κ3) is 4.06. The Morgan fingerprint density at radius 2 is 1.96 bits per heavy atom. The zero-order valence-electron chi connectivity index (χ0n) is 13.5. The zero-order valence-corrected chi connectivity index (χ0v) is 15.0. The standard InChI is InChI=1S/C18H16Cl2N2O3/c1-22(10-17(23)21-12-6-7-13(19)14(20)9-12)18(24)16-8-11-4-2-3-5-15(11)25-16/h2-7,9,16H,8,10H2,1H3,(H,21,23)/t16-/m1/s1. The van der Waals surface area contributed by atoms with E-state index in [1.54, 1.807) is 25.2 Å². The molecule has 3 rings (SSSR count). The summed E-state index contributed by atoms with van der Waals surface area (Å²) in [5.41, 5.74) is 1.51. The maximum atomic E-state index is 12.5. The van der Waals surface area contributed by atoms with Crippen molar-refractivity contribution in [2.75, 3.05) is 18.9 Å². The number of anilines is 1. The Morgan fingerprint density at radius 1 is 1.20 bits per heavy atom. The highest BCUT2D eigenvalue weighted by molar-refractivity contribution is 6.42. The summed E-state index contributed by atoms with van der Waals surface area (Å²) in [7, 11) is 1.57. The lowest BCUT2D eigenvalue weighted by molar-refractivity contribution is -0.139. The molecule has 7 heteroatoms. The molecule has 1 N–H and O–H groups in total. The molecule has 2 aromatic rings. The average molecular weight is 379 g/mol. The first-order valence-electron chi connectivity index (χ1n) is 7.68. The Hall–Kier alpha value is -2.24. The van der Waals surface area contributed by atoms with E-state index in [0.29, 0.717) is 22.2 Å². The van der Waals surface area contributed by atoms with E-state index in [4.69, 9.17) is 27.9 Å². The number of para-hydroxylation sites is 1. The van der Waals surface area contributed by atoms with Crippen LogP contribution in [-0.2, 0) is 16.0 Å². The van der Waals surface area contributed by atoms with Gasteiger partial charge in [-0.05, 0) is 29.8 Å². The van der Waals surface area contributed by atoms with Gasteiger partial charge in [0.25, 0.3) is 5.91 Å². The fourth-order valence-electron chi connectivity index (χ4n) is 2.63. The van der Waals surface area contributed by atoms with Crippen LogP contribution in [0.15, 0.2) is 42.5 Å². The molecule has 130 valence electrons. The number of hydrogen-bond donors (Lipinski definition) is 1. The van der Waals surface area contributed by atoms with Crippen LogP contribution in [0.3, 0.4) is 0 Å². The van der Waals surface area contributed by atoms with Crippen molar-refractivity contribution in [1.29, 1.82) is 0 Å². The van der Waals surface area contributed by atoms with Gasteiger partial charge in [0.1, 0.15) is 5.75 Å². The molecule has 5 nitrogen and oxygen atoms in total. The molecule has 0 fully saturated rings. The fraction of sp³-hybridized carbons (Fsp3) is 0.222. The Balaban J connectivity index is 1.56. The number of carbonyl (C=O) groups is 2. The zero-order chi connectivity index (χ0) is 18.0. The van der Waals surface area contributed by atoms with E-state index in [0.717, 1.165) is 11.3 Å². The third-order valence-electron chi connectivity index (χ3n) is 3.88. The lowest BCUT2D eigenvalue weighted by Gasteiger charge is -2.20. The molecule has 0 unspecified atom stereocenters. The van der Waals surface area contributed by atoms with Crippen LogP contribution in [0.1, 0.15) is 5.56 Å². The highest BCUT2D eigenvalue weighted by Gasteiger charge is 2.31. The monoisotopic (exact) mass is 378 g/mol. The van der Waals surface area contributed by atoms with E-state index < -0.39 is 6.10 Å². The van der Waals surface area contributed by atoms with Crippen molar-refractivity contribution in [2.45, 2.75) is 12.5 Å². The van der Waals surface area contributed by atoms with E-state index in [1.807, 2.05) is 24.3 Å². The van der Waals surface area contributed by atoms with Crippen LogP contribution in [0.25, 0.3) is 0 Å². The van der Waals surface area contributed by atoms with Crippen LogP contribution < -0.4 is 10.1 Å². The van der Waals surface area contributed by atoms with Gasteiger partial charge in [0.15, 0.2) is 6.10 Å². The number of benzene rings is 2. The normalized spacial score (nSPS) is 15.2. The molecular formula is C18H16Cl2N2O3. The molecular weight excluding hydrogens is 363 g/mol. The number of nitrogens with one attached hydrogen (secondary N) is 1. The Kier molecular flexibility index (Phi) is 5.16. The van der Waals surface area contributed by atoms with Crippen molar-refractivity contribution < 1.29 is 14.3 Å². The molecule has 1 heterocycles. The second-order valence-corrected chi connectivity index (χ2v) is 6.60. The Morgan fingerprint density at radius 3 is 2.68 bits per heavy atom. The van der Waals surface area contributed by atoms with Gasteiger partial charge < -0.3 is 15.0 Å². The molecule has 2 amide bonds. The number of hydrogen-bond acceptors (Lipinski definition) is 3. The maximum Gasteiger partial charge on any atom is 0.264 e. The smallest absolute Gasteiger partial charge is 0.264 e. The molecule has 1 atom stereocenters. The van der Waals surface area contributed by atoms with Crippen LogP contribution >= 0.6 is 23.2 Å². The van der Waals surface area contributed by atoms with Gasteiger partial charge in [-0.2, -0.15) is 0 Å². The number of halogens is 2. The molecule has 0 spiro atoms. The number of fused-ring (bicyclic) bond motifs is 1. The van der Waals surface area contributed by atoms with Gasteiger partial charge in [-0.25, -0.2) is 0 Å². The number of ether oxygens (including phenoxy) is 1. The summed E-state index contributed by atoms with van der Waals surface area (Å²) < 4.78 is 5.66. The molecule has 2 aromatic carbocycles. The minimum absolute atomic E-state index is 0.0880. The number of likely N-dealkylation sites (N-methyl/N-ethyl adjacent to an activating group) is 1. The van der Waals surface area contributed by atoms with Crippen molar-refractivity contribution in [3.63, 3.8) is 0 Å². The summed E-state index contributed by atoms with van der Waals surface area (Å²) >= 11 is 11.8. The lowest BCUT2D eigenvalue weighted by Crippen LogP contribution is -2.42. The van der Waals surface area contributed by atoms with E-state index in [-0.39, 0.29) is 18.4 Å². The number of nitrogens with zero attached hydrogens (tertiary/aromatic N) is 1. The van der Waals surface area contributed by atoms with Crippen molar-refractivity contribution in [1.82, 2.24) is 4.90 Å². The van der Waals surface area contributed by atoms with Crippen molar-refractivity contribution >= 4 is 40.7 Å². The highest BCUT2D eigenvalue weighted by atomic mass is 35.5. The first-order valence-corrected chi connectivity index (χ1v) is 8.44. The van der Waals surface area contributed by atoms with Gasteiger partial charge in [0, 0.05) is 19.2 Å². The molecule has 0 saturated heterocycles. The van der Waals surface area contributed by atoms with Crippen molar-refractivity contribution in [3.05, 3.63) is 58.1 Å². The first-order chi connectivity index (χ1) is 11.9. The van der Waals surface area contributed by atoms with Gasteiger partial charge in [-0.3, -0.25) is 9.59 Å². The number of carbonyl (C=O) groups excluding carboxylic acids is 2. The lowest BCUT2D eigenvalue weighted by atomic mass is 10.1. The van der Waals surface area contributed by atoms with Crippen molar-refractivity contribution in [2.24, 2.45) is 0 Å². The second-order valence-electron chi connectivity index (χ2n) is 5.79.